The normalized spacial score (nSPS) is 12.7. The lowest BCUT2D eigenvalue weighted by atomic mass is 10.1. The molecule has 0 aromatic rings. The van der Waals surface area contributed by atoms with Gasteiger partial charge in [-0.05, 0) is 109 Å². The number of hydrogen-bond acceptors (Lipinski definition) is 6. The Labute approximate surface area is 414 Å². The molecule has 0 aliphatic carbocycles. The molecule has 0 aromatic heterocycles. The largest absolute Gasteiger partial charge is 0.462 e. The lowest BCUT2D eigenvalue weighted by Crippen LogP contribution is -2.30. The summed E-state index contributed by atoms with van der Waals surface area (Å²) in [5.41, 5.74) is 0. The lowest BCUT2D eigenvalue weighted by molar-refractivity contribution is -0.167. The molecule has 0 heterocycles. The van der Waals surface area contributed by atoms with E-state index in [9.17, 15) is 14.4 Å². The van der Waals surface area contributed by atoms with Gasteiger partial charge in [-0.3, -0.25) is 14.4 Å². The van der Waals surface area contributed by atoms with Crippen LogP contribution in [0.2, 0.25) is 0 Å². The second kappa shape index (κ2) is 55.2. The first-order valence-electron chi connectivity index (χ1n) is 28.1. The van der Waals surface area contributed by atoms with Crippen LogP contribution in [0.15, 0.2) is 85.1 Å². The summed E-state index contributed by atoms with van der Waals surface area (Å²) < 4.78 is 16.8. The number of unbranched alkanes of at least 4 members (excludes halogenated alkanes) is 25. The number of esters is 3. The van der Waals surface area contributed by atoms with Gasteiger partial charge in [0.15, 0.2) is 6.10 Å². The first-order valence-corrected chi connectivity index (χ1v) is 28.1. The van der Waals surface area contributed by atoms with Gasteiger partial charge in [0.05, 0.1) is 0 Å². The van der Waals surface area contributed by atoms with Gasteiger partial charge in [0.2, 0.25) is 0 Å². The van der Waals surface area contributed by atoms with Gasteiger partial charge >= 0.3 is 17.9 Å². The maximum Gasteiger partial charge on any atom is 0.306 e. The van der Waals surface area contributed by atoms with Crippen molar-refractivity contribution in [1.82, 2.24) is 0 Å². The third-order valence-corrected chi connectivity index (χ3v) is 11.9. The molecule has 0 unspecified atom stereocenters. The molecule has 0 radical (unpaired) electrons. The second-order valence-electron chi connectivity index (χ2n) is 18.5. The topological polar surface area (TPSA) is 78.9 Å². The molecular weight excluding hydrogens is 829 g/mol. The number of allylic oxidation sites excluding steroid dienone is 14. The van der Waals surface area contributed by atoms with Gasteiger partial charge in [0, 0.05) is 19.3 Å². The van der Waals surface area contributed by atoms with Crippen molar-refractivity contribution >= 4 is 17.9 Å². The average molecular weight is 933 g/mol. The van der Waals surface area contributed by atoms with Crippen molar-refractivity contribution in [2.45, 2.75) is 271 Å². The third-order valence-electron chi connectivity index (χ3n) is 11.9. The summed E-state index contributed by atoms with van der Waals surface area (Å²) in [6.45, 7) is 6.45. The number of ether oxygens (including phenoxy) is 3. The lowest BCUT2D eigenvalue weighted by Gasteiger charge is -2.18. The van der Waals surface area contributed by atoms with Crippen LogP contribution in [-0.2, 0) is 28.6 Å². The molecule has 0 saturated carbocycles. The fourth-order valence-electron chi connectivity index (χ4n) is 7.62. The molecule has 0 bridgehead atoms. The van der Waals surface area contributed by atoms with Crippen LogP contribution in [0.1, 0.15) is 265 Å². The highest BCUT2D eigenvalue weighted by Gasteiger charge is 2.19. The maximum absolute atomic E-state index is 12.8. The van der Waals surface area contributed by atoms with Gasteiger partial charge in [-0.1, -0.05) is 221 Å². The van der Waals surface area contributed by atoms with Crippen LogP contribution < -0.4 is 0 Å². The standard InChI is InChI=1S/C61H104O6/c1-4-7-10-13-16-19-22-24-26-28-30-32-34-36-39-42-45-48-51-54-60(63)66-57-58(56-65-59(62)53-50-47-44-41-38-21-18-15-12-9-6-3)67-61(64)55-52-49-46-43-40-37-35-33-31-29-27-25-23-20-17-14-11-8-5-2/h7,10,15-16,18-19,24-27,30,32,36,39,58H,4-6,8-9,11-14,17,20-23,28-29,31,33-35,37-38,40-57H2,1-3H3/b10-7-,18-15-,19-16-,26-24-,27-25-,32-30-,39-36-/t58-/m0/s1. The summed E-state index contributed by atoms with van der Waals surface area (Å²) in [5, 5.41) is 0. The Bertz CT molecular complexity index is 1300. The molecule has 0 amide bonds. The molecule has 0 spiro atoms. The Kier molecular flexibility index (Phi) is 52.4. The Morgan fingerprint density at radius 3 is 0.985 bits per heavy atom. The number of hydrogen-bond donors (Lipinski definition) is 0. The third kappa shape index (κ3) is 53.4. The van der Waals surface area contributed by atoms with Gasteiger partial charge in [0.1, 0.15) is 13.2 Å². The molecule has 67 heavy (non-hydrogen) atoms. The first-order chi connectivity index (χ1) is 33.0. The van der Waals surface area contributed by atoms with E-state index in [4.69, 9.17) is 14.2 Å². The average Bonchev–Trinajstić information content (AvgIpc) is 3.33. The van der Waals surface area contributed by atoms with Crippen molar-refractivity contribution in [2.24, 2.45) is 0 Å². The van der Waals surface area contributed by atoms with Gasteiger partial charge in [-0.15, -0.1) is 0 Å². The van der Waals surface area contributed by atoms with Crippen molar-refractivity contribution in [3.05, 3.63) is 85.1 Å². The van der Waals surface area contributed by atoms with Crippen LogP contribution in [0.5, 0.6) is 0 Å². The van der Waals surface area contributed by atoms with Gasteiger partial charge in [0.25, 0.3) is 0 Å². The van der Waals surface area contributed by atoms with E-state index in [2.05, 4.69) is 106 Å². The fourth-order valence-corrected chi connectivity index (χ4v) is 7.62. The van der Waals surface area contributed by atoms with E-state index < -0.39 is 6.10 Å². The molecule has 6 nitrogen and oxygen atoms in total. The SMILES string of the molecule is CC/C=C\C/C=C\C/C=C\C/C=C\C/C=C\CCCCCC(=O)OC[C@H](COC(=O)CCCCCCC/C=C\CCCC)OC(=O)CCCCCCCCCCC/C=C\CCCCCCCC. The summed E-state index contributed by atoms with van der Waals surface area (Å²) in [6.07, 6.45) is 71.4. The quantitative estimate of drug-likeness (QED) is 0.0262. The Morgan fingerprint density at radius 1 is 0.313 bits per heavy atom. The molecule has 0 N–H and O–H groups in total. The van der Waals surface area contributed by atoms with E-state index in [0.29, 0.717) is 19.3 Å². The van der Waals surface area contributed by atoms with Crippen molar-refractivity contribution in [3.8, 4) is 0 Å². The minimum atomic E-state index is -0.795. The molecule has 6 heteroatoms. The maximum atomic E-state index is 12.8. The van der Waals surface area contributed by atoms with E-state index >= 15 is 0 Å². The number of rotatable bonds is 50. The molecule has 0 aliphatic rings. The monoisotopic (exact) mass is 933 g/mol. The van der Waals surface area contributed by atoms with Gasteiger partial charge in [-0.25, -0.2) is 0 Å². The van der Waals surface area contributed by atoms with Crippen LogP contribution in [0.4, 0.5) is 0 Å². The predicted octanol–water partition coefficient (Wildman–Crippen LogP) is 18.8. The Hall–Kier alpha value is -3.41. The highest BCUT2D eigenvalue weighted by Crippen LogP contribution is 2.15. The van der Waals surface area contributed by atoms with Gasteiger partial charge in [-0.2, -0.15) is 0 Å². The Morgan fingerprint density at radius 2 is 0.597 bits per heavy atom. The second-order valence-corrected chi connectivity index (χ2v) is 18.5. The van der Waals surface area contributed by atoms with Crippen molar-refractivity contribution < 1.29 is 28.6 Å². The highest BCUT2D eigenvalue weighted by molar-refractivity contribution is 5.71. The fraction of sp³-hybridized carbons (Fsp3) is 0.721. The zero-order valence-corrected chi connectivity index (χ0v) is 43.9. The highest BCUT2D eigenvalue weighted by atomic mass is 16.6. The van der Waals surface area contributed by atoms with Gasteiger partial charge < -0.3 is 14.2 Å². The van der Waals surface area contributed by atoms with E-state index in [-0.39, 0.29) is 31.1 Å². The van der Waals surface area contributed by atoms with E-state index in [0.717, 1.165) is 103 Å². The smallest absolute Gasteiger partial charge is 0.306 e. The first kappa shape index (κ1) is 63.6. The zero-order valence-electron chi connectivity index (χ0n) is 43.9. The summed E-state index contributed by atoms with van der Waals surface area (Å²) in [7, 11) is 0. The number of carbonyl (C=O) groups is 3. The zero-order chi connectivity index (χ0) is 48.6. The van der Waals surface area contributed by atoms with Crippen LogP contribution in [0.3, 0.4) is 0 Å². The van der Waals surface area contributed by atoms with Crippen LogP contribution >= 0.6 is 0 Å². The molecular formula is C61H104O6. The summed E-state index contributed by atoms with van der Waals surface area (Å²) >= 11 is 0. The molecule has 0 saturated heterocycles. The van der Waals surface area contributed by atoms with E-state index in [1.165, 1.54) is 122 Å². The van der Waals surface area contributed by atoms with Crippen LogP contribution in [-0.4, -0.2) is 37.2 Å². The minimum Gasteiger partial charge on any atom is -0.462 e. The van der Waals surface area contributed by atoms with E-state index in [1.807, 2.05) is 0 Å². The summed E-state index contributed by atoms with van der Waals surface area (Å²) in [6, 6.07) is 0. The van der Waals surface area contributed by atoms with Crippen molar-refractivity contribution in [3.63, 3.8) is 0 Å². The molecule has 384 valence electrons. The minimum absolute atomic E-state index is 0.0923. The molecule has 0 rings (SSSR count). The Balaban J connectivity index is 4.41. The van der Waals surface area contributed by atoms with Crippen LogP contribution in [0, 0.1) is 0 Å². The van der Waals surface area contributed by atoms with E-state index in [1.54, 1.807) is 0 Å². The molecule has 1 atom stereocenters. The number of carbonyl (C=O) groups excluding carboxylic acids is 3. The predicted molar refractivity (Wildman–Crippen MR) is 288 cm³/mol. The summed E-state index contributed by atoms with van der Waals surface area (Å²) in [5.74, 6) is -0.933. The summed E-state index contributed by atoms with van der Waals surface area (Å²) in [4.78, 5) is 38.1. The molecule has 0 aliphatic heterocycles. The molecule has 0 fully saturated rings. The van der Waals surface area contributed by atoms with Crippen molar-refractivity contribution in [1.29, 1.82) is 0 Å². The van der Waals surface area contributed by atoms with Crippen LogP contribution in [0.25, 0.3) is 0 Å². The van der Waals surface area contributed by atoms with Crippen molar-refractivity contribution in [2.75, 3.05) is 13.2 Å². The molecule has 0 aromatic carbocycles.